The minimum Gasteiger partial charge on any atom is -0.462 e. The van der Waals surface area contributed by atoms with E-state index in [1.165, 1.54) is 186 Å². The lowest BCUT2D eigenvalue weighted by molar-refractivity contribution is -0.161. The largest absolute Gasteiger partial charge is 0.472 e. The Kier molecular flexibility index (Phi) is 63.0. The quantitative estimate of drug-likeness (QED) is 0.0222. The first-order valence-electron chi connectivity index (χ1n) is 37.1. The summed E-state index contributed by atoms with van der Waals surface area (Å²) < 4.78 is 68.1. The average Bonchev–Trinajstić information content (AvgIpc) is 3.70. The van der Waals surface area contributed by atoms with Crippen LogP contribution in [0, 0.1) is 5.92 Å². The Hall–Kier alpha value is -1.94. The molecule has 0 aromatic heterocycles. The lowest BCUT2D eigenvalue weighted by atomic mass is 10.0. The molecule has 534 valence electrons. The minimum absolute atomic E-state index is 0.105. The highest BCUT2D eigenvalue weighted by Gasteiger charge is 2.30. The van der Waals surface area contributed by atoms with Gasteiger partial charge in [-0.25, -0.2) is 9.13 Å². The van der Waals surface area contributed by atoms with Gasteiger partial charge < -0.3 is 33.8 Å². The zero-order chi connectivity index (χ0) is 66.3. The molecule has 0 saturated heterocycles. The molecule has 0 aromatic rings. The molecule has 0 saturated carbocycles. The molecule has 0 rings (SSSR count). The number of carbonyl (C=O) groups excluding carboxylic acids is 4. The fourth-order valence-electron chi connectivity index (χ4n) is 10.8. The number of carbonyl (C=O) groups is 4. The van der Waals surface area contributed by atoms with E-state index in [0.29, 0.717) is 25.7 Å². The van der Waals surface area contributed by atoms with Crippen molar-refractivity contribution >= 4 is 39.5 Å². The van der Waals surface area contributed by atoms with E-state index in [2.05, 4.69) is 34.6 Å². The Balaban J connectivity index is 5.15. The van der Waals surface area contributed by atoms with Gasteiger partial charge in [0.1, 0.15) is 19.3 Å². The molecule has 0 aliphatic rings. The fourth-order valence-corrected chi connectivity index (χ4v) is 12.4. The van der Waals surface area contributed by atoms with Crippen LogP contribution in [0.25, 0.3) is 0 Å². The van der Waals surface area contributed by atoms with Crippen LogP contribution in [0.2, 0.25) is 0 Å². The van der Waals surface area contributed by atoms with Crippen molar-refractivity contribution in [2.45, 2.75) is 387 Å². The molecule has 3 N–H and O–H groups in total. The van der Waals surface area contributed by atoms with Crippen LogP contribution in [-0.2, 0) is 65.4 Å². The lowest BCUT2D eigenvalue weighted by Gasteiger charge is -2.21. The maximum atomic E-state index is 13.0. The first-order chi connectivity index (χ1) is 43.5. The Labute approximate surface area is 549 Å². The number of phosphoric acid groups is 2. The molecular formula is C71H138O17P2. The monoisotopic (exact) mass is 1320 g/mol. The van der Waals surface area contributed by atoms with Crippen LogP contribution in [-0.4, -0.2) is 96.7 Å². The topological polar surface area (TPSA) is 237 Å². The summed E-state index contributed by atoms with van der Waals surface area (Å²) in [5.74, 6) is -1.40. The van der Waals surface area contributed by atoms with Crippen LogP contribution >= 0.6 is 15.6 Å². The molecule has 0 aliphatic heterocycles. The van der Waals surface area contributed by atoms with Gasteiger partial charge in [-0.2, -0.15) is 0 Å². The van der Waals surface area contributed by atoms with E-state index < -0.39 is 97.5 Å². The second-order valence-corrected chi connectivity index (χ2v) is 29.0. The molecule has 0 radical (unpaired) electrons. The number of hydrogen-bond donors (Lipinski definition) is 3. The van der Waals surface area contributed by atoms with Crippen molar-refractivity contribution in [3.63, 3.8) is 0 Å². The number of aliphatic hydroxyl groups excluding tert-OH is 1. The molecule has 0 aliphatic carbocycles. The molecule has 0 aromatic carbocycles. The van der Waals surface area contributed by atoms with Gasteiger partial charge >= 0.3 is 39.5 Å². The number of unbranched alkanes of at least 4 members (excludes halogenated alkanes) is 43. The molecule has 2 unspecified atom stereocenters. The van der Waals surface area contributed by atoms with Crippen molar-refractivity contribution in [3.8, 4) is 0 Å². The normalized spacial score (nSPS) is 14.1. The van der Waals surface area contributed by atoms with Crippen molar-refractivity contribution in [2.24, 2.45) is 5.92 Å². The molecule has 0 amide bonds. The van der Waals surface area contributed by atoms with E-state index in [1.54, 1.807) is 0 Å². The maximum absolute atomic E-state index is 13.0. The van der Waals surface area contributed by atoms with E-state index in [1.807, 2.05) is 0 Å². The van der Waals surface area contributed by atoms with Crippen LogP contribution in [0.5, 0.6) is 0 Å². The second-order valence-electron chi connectivity index (χ2n) is 26.1. The number of hydrogen-bond acceptors (Lipinski definition) is 15. The standard InChI is InChI=1S/C71H138O17P2/c1-6-9-12-15-17-19-21-23-25-26-27-29-31-33-37-41-46-51-56-70(75)88-67(61-82-69(74)55-50-45-40-36-32-30-28-24-22-20-18-16-13-10-7-2)63-86-90(79,80)84-59-65(72)58-83-89(77,78)85-62-66(60-81-68(73)54-49-43-14-11-8-3)87-71(76)57-52-47-42-38-34-35-39-44-48-53-64(4)5/h64-67,72H,6-63H2,1-5H3,(H,77,78)(H,79,80)/t65-,66+,67+/m0/s1. The third kappa shape index (κ3) is 64.8. The van der Waals surface area contributed by atoms with Gasteiger partial charge in [-0.1, -0.05) is 317 Å². The van der Waals surface area contributed by atoms with Gasteiger partial charge in [0.25, 0.3) is 0 Å². The van der Waals surface area contributed by atoms with E-state index in [0.717, 1.165) is 102 Å². The maximum Gasteiger partial charge on any atom is 0.472 e. The van der Waals surface area contributed by atoms with Crippen molar-refractivity contribution in [2.75, 3.05) is 39.6 Å². The molecular weight excluding hydrogens is 1190 g/mol. The predicted octanol–water partition coefficient (Wildman–Crippen LogP) is 20.5. The van der Waals surface area contributed by atoms with E-state index in [4.69, 9.17) is 37.0 Å². The number of esters is 4. The second kappa shape index (κ2) is 64.4. The summed E-state index contributed by atoms with van der Waals surface area (Å²) in [6.07, 6.45) is 51.8. The van der Waals surface area contributed by atoms with Crippen molar-refractivity contribution in [3.05, 3.63) is 0 Å². The van der Waals surface area contributed by atoms with Gasteiger partial charge in [0.2, 0.25) is 0 Å². The molecule has 5 atom stereocenters. The lowest BCUT2D eigenvalue weighted by Crippen LogP contribution is -2.30. The molecule has 0 fully saturated rings. The minimum atomic E-state index is -4.95. The zero-order valence-electron chi connectivity index (χ0n) is 58.3. The third-order valence-electron chi connectivity index (χ3n) is 16.5. The highest BCUT2D eigenvalue weighted by atomic mass is 31.2. The Morgan fingerprint density at radius 3 is 0.756 bits per heavy atom. The number of ether oxygens (including phenoxy) is 4. The summed E-state index contributed by atoms with van der Waals surface area (Å²) >= 11 is 0. The number of aliphatic hydroxyl groups is 1. The summed E-state index contributed by atoms with van der Waals surface area (Å²) in [5.41, 5.74) is 0. The van der Waals surface area contributed by atoms with Gasteiger partial charge in [-0.15, -0.1) is 0 Å². The predicted molar refractivity (Wildman–Crippen MR) is 363 cm³/mol. The van der Waals surface area contributed by atoms with Gasteiger partial charge in [0.15, 0.2) is 12.2 Å². The van der Waals surface area contributed by atoms with Gasteiger partial charge in [-0.3, -0.25) is 37.3 Å². The molecule has 0 bridgehead atoms. The molecule has 0 heterocycles. The SMILES string of the molecule is CCCCCCCCCCCCCCCCCCCCC(=O)O[C@H](COC(=O)CCCCCCCCCCCCCCCCC)COP(=O)(O)OC[C@@H](O)COP(=O)(O)OC[C@@H](COC(=O)CCCCCCC)OC(=O)CCCCCCCCCCCC(C)C. The zero-order valence-corrected chi connectivity index (χ0v) is 60.1. The van der Waals surface area contributed by atoms with Gasteiger partial charge in [-0.05, 0) is 31.6 Å². The van der Waals surface area contributed by atoms with Crippen molar-refractivity contribution < 1.29 is 80.2 Å². The Bertz CT molecular complexity index is 1740. The van der Waals surface area contributed by atoms with Crippen molar-refractivity contribution in [1.82, 2.24) is 0 Å². The molecule has 0 spiro atoms. The van der Waals surface area contributed by atoms with Crippen molar-refractivity contribution in [1.29, 1.82) is 0 Å². The van der Waals surface area contributed by atoms with Crippen LogP contribution in [0.3, 0.4) is 0 Å². The summed E-state index contributed by atoms with van der Waals surface area (Å²) in [6, 6.07) is 0. The molecule has 19 heteroatoms. The van der Waals surface area contributed by atoms with Crippen LogP contribution < -0.4 is 0 Å². The number of phosphoric ester groups is 2. The summed E-state index contributed by atoms with van der Waals surface area (Å²) in [6.45, 7) is 7.15. The van der Waals surface area contributed by atoms with Gasteiger partial charge in [0, 0.05) is 25.7 Å². The smallest absolute Gasteiger partial charge is 0.462 e. The highest BCUT2D eigenvalue weighted by molar-refractivity contribution is 7.47. The van der Waals surface area contributed by atoms with Gasteiger partial charge in [0.05, 0.1) is 26.4 Å². The third-order valence-corrected chi connectivity index (χ3v) is 18.4. The molecule has 90 heavy (non-hydrogen) atoms. The summed E-state index contributed by atoms with van der Waals surface area (Å²) in [7, 11) is -9.89. The Morgan fingerprint density at radius 2 is 0.511 bits per heavy atom. The first kappa shape index (κ1) is 88.1. The van der Waals surface area contributed by atoms with Crippen LogP contribution in [0.4, 0.5) is 0 Å². The number of rotatable bonds is 71. The fraction of sp³-hybridized carbons (Fsp3) is 0.944. The average molecular weight is 1330 g/mol. The van der Waals surface area contributed by atoms with E-state index >= 15 is 0 Å². The summed E-state index contributed by atoms with van der Waals surface area (Å²) in [4.78, 5) is 72.3. The van der Waals surface area contributed by atoms with E-state index in [9.17, 15) is 43.2 Å². The van der Waals surface area contributed by atoms with Crippen LogP contribution in [0.1, 0.15) is 369 Å². The van der Waals surface area contributed by atoms with Crippen LogP contribution in [0.15, 0.2) is 0 Å². The highest BCUT2D eigenvalue weighted by Crippen LogP contribution is 2.45. The first-order valence-corrected chi connectivity index (χ1v) is 40.1. The van der Waals surface area contributed by atoms with E-state index in [-0.39, 0.29) is 25.7 Å². The Morgan fingerprint density at radius 1 is 0.300 bits per heavy atom. The summed E-state index contributed by atoms with van der Waals surface area (Å²) in [5, 5.41) is 10.6. The molecule has 17 nitrogen and oxygen atoms in total.